The highest BCUT2D eigenvalue weighted by atomic mass is 31.2. The first-order chi connectivity index (χ1) is 50.7. The molecule has 0 aliphatic rings. The average Bonchev–Trinajstić information content (AvgIpc) is 0.937. The first-order valence-electron chi connectivity index (χ1n) is 38.7. The molecule has 0 saturated carbocycles. The summed E-state index contributed by atoms with van der Waals surface area (Å²) >= 11 is 0. The summed E-state index contributed by atoms with van der Waals surface area (Å²) in [6.07, 6.45) is 91.7. The molecule has 0 heterocycles. The lowest BCUT2D eigenvalue weighted by molar-refractivity contribution is -0.161. The second-order valence-corrected chi connectivity index (χ2v) is 27.7. The van der Waals surface area contributed by atoms with Gasteiger partial charge in [-0.15, -0.1) is 0 Å². The molecule has 0 fully saturated rings. The zero-order valence-electron chi connectivity index (χ0n) is 63.9. The van der Waals surface area contributed by atoms with Crippen LogP contribution in [0.4, 0.5) is 0 Å². The number of carbonyl (C=O) groups excluding carboxylic acids is 4. The maximum absolute atomic E-state index is 13.1. The Balaban J connectivity index is 5.54. The zero-order valence-corrected chi connectivity index (χ0v) is 65.6. The molecule has 19 heteroatoms. The van der Waals surface area contributed by atoms with Gasteiger partial charge in [-0.2, -0.15) is 0 Å². The summed E-state index contributed by atoms with van der Waals surface area (Å²) in [7, 11) is -10.0. The minimum Gasteiger partial charge on any atom is -0.462 e. The maximum Gasteiger partial charge on any atom is 0.472 e. The number of esters is 4. The van der Waals surface area contributed by atoms with Crippen molar-refractivity contribution in [2.45, 2.75) is 277 Å². The summed E-state index contributed by atoms with van der Waals surface area (Å²) in [5, 5.41) is 10.6. The van der Waals surface area contributed by atoms with Crippen LogP contribution in [0, 0.1) is 0 Å². The van der Waals surface area contributed by atoms with Crippen molar-refractivity contribution in [3.63, 3.8) is 0 Å². The second kappa shape index (κ2) is 75.1. The number of aliphatic hydroxyl groups is 1. The topological polar surface area (TPSA) is 237 Å². The zero-order chi connectivity index (χ0) is 76.0. The van der Waals surface area contributed by atoms with Gasteiger partial charge in [-0.05, 0) is 161 Å². The van der Waals surface area contributed by atoms with E-state index in [1.54, 1.807) is 12.2 Å². The van der Waals surface area contributed by atoms with Crippen LogP contribution in [0.3, 0.4) is 0 Å². The van der Waals surface area contributed by atoms with Gasteiger partial charge in [-0.3, -0.25) is 37.3 Å². The number of phosphoric acid groups is 2. The summed E-state index contributed by atoms with van der Waals surface area (Å²) in [5.74, 6) is -2.46. The van der Waals surface area contributed by atoms with E-state index in [1.807, 2.05) is 24.3 Å². The second-order valence-electron chi connectivity index (χ2n) is 24.8. The molecule has 104 heavy (non-hydrogen) atoms. The highest BCUT2D eigenvalue weighted by molar-refractivity contribution is 7.47. The van der Waals surface area contributed by atoms with Crippen molar-refractivity contribution in [3.05, 3.63) is 194 Å². The van der Waals surface area contributed by atoms with Crippen molar-refractivity contribution in [2.75, 3.05) is 39.6 Å². The first kappa shape index (κ1) is 97.9. The van der Waals surface area contributed by atoms with Crippen molar-refractivity contribution in [2.24, 2.45) is 0 Å². The quantitative estimate of drug-likeness (QED) is 0.0169. The molecule has 0 aliphatic carbocycles. The number of carbonyl (C=O) groups is 4. The molecule has 5 atom stereocenters. The number of hydrogen-bond donors (Lipinski definition) is 3. The summed E-state index contributed by atoms with van der Waals surface area (Å²) in [5.41, 5.74) is 0. The van der Waals surface area contributed by atoms with Crippen LogP contribution in [0.25, 0.3) is 0 Å². The third kappa shape index (κ3) is 74.2. The summed E-state index contributed by atoms with van der Waals surface area (Å²) in [4.78, 5) is 72.9. The molecule has 0 aromatic carbocycles. The predicted octanol–water partition coefficient (Wildman–Crippen LogP) is 22.5. The predicted molar refractivity (Wildman–Crippen MR) is 426 cm³/mol. The van der Waals surface area contributed by atoms with Gasteiger partial charge in [0.15, 0.2) is 12.2 Å². The fraction of sp³-hybridized carbons (Fsp3) is 0.576. The lowest BCUT2D eigenvalue weighted by atomic mass is 10.1. The molecule has 0 bridgehead atoms. The Labute approximate surface area is 627 Å². The van der Waals surface area contributed by atoms with Gasteiger partial charge in [0.1, 0.15) is 19.3 Å². The highest BCUT2D eigenvalue weighted by Gasteiger charge is 2.30. The monoisotopic (exact) mass is 1490 g/mol. The molecule has 0 aliphatic heterocycles. The van der Waals surface area contributed by atoms with Crippen molar-refractivity contribution in [1.29, 1.82) is 0 Å². The normalized spacial score (nSPS) is 15.0. The standard InChI is InChI=1S/C85H134O17P2/c1-5-9-13-17-21-25-29-33-37-39-43-45-49-53-57-61-65-69-82(87)95-75-80(101-84(89)71-67-63-59-55-51-47-41-35-31-27-23-19-15-11-7-3)77-99-103(91,92)97-73-79(86)74-98-104(93,94)100-78-81(102-85(90)72-68-64-60-56-52-48-42-36-32-28-24-20-16-12-8-4)76-96-83(88)70-66-62-58-54-50-46-44-40-38-34-30-26-22-18-14-10-6-2/h9-11,13-15,21-28,33-38,41-46,51,54-55,58,63,67,79-81,86H,5-8,12,16-20,29-32,39-40,47-50,52-53,56-57,59-62,64-66,68-78H2,1-4H3,(H,91,92)(H,93,94)/b13-9-,14-10-,15-11-,25-21-,26-22-,27-23-,28-24-,37-33-,38-34-,41-35-,42-36-,45-43-,46-44-,55-51-,58-54-,67-63-. The molecule has 0 aromatic heterocycles. The summed E-state index contributed by atoms with van der Waals surface area (Å²) in [6.45, 7) is 4.24. The Hall–Kier alpha value is -6.10. The molecule has 0 aromatic rings. The van der Waals surface area contributed by atoms with Gasteiger partial charge < -0.3 is 33.8 Å². The number of ether oxygens (including phenoxy) is 4. The number of phosphoric ester groups is 2. The molecule has 586 valence electrons. The van der Waals surface area contributed by atoms with Crippen molar-refractivity contribution in [1.82, 2.24) is 0 Å². The van der Waals surface area contributed by atoms with E-state index in [4.69, 9.17) is 37.0 Å². The lowest BCUT2D eigenvalue weighted by Crippen LogP contribution is -2.30. The Kier molecular flexibility index (Phi) is 70.7. The molecular weight excluding hydrogens is 1350 g/mol. The van der Waals surface area contributed by atoms with E-state index < -0.39 is 97.5 Å². The number of rotatable bonds is 70. The van der Waals surface area contributed by atoms with Crippen LogP contribution in [0.15, 0.2) is 194 Å². The molecule has 0 radical (unpaired) electrons. The van der Waals surface area contributed by atoms with Gasteiger partial charge in [0.25, 0.3) is 0 Å². The molecule has 5 unspecified atom stereocenters. The first-order valence-corrected chi connectivity index (χ1v) is 41.7. The molecule has 17 nitrogen and oxygen atoms in total. The van der Waals surface area contributed by atoms with Gasteiger partial charge in [-0.1, -0.05) is 267 Å². The van der Waals surface area contributed by atoms with E-state index in [2.05, 4.69) is 186 Å². The van der Waals surface area contributed by atoms with E-state index in [-0.39, 0.29) is 25.7 Å². The minimum absolute atomic E-state index is 0.0560. The van der Waals surface area contributed by atoms with Crippen LogP contribution in [0.5, 0.6) is 0 Å². The van der Waals surface area contributed by atoms with Gasteiger partial charge in [0.2, 0.25) is 0 Å². The van der Waals surface area contributed by atoms with E-state index in [0.29, 0.717) is 32.1 Å². The highest BCUT2D eigenvalue weighted by Crippen LogP contribution is 2.45. The maximum atomic E-state index is 13.1. The van der Waals surface area contributed by atoms with E-state index in [9.17, 15) is 43.2 Å². The number of aliphatic hydroxyl groups excluding tert-OH is 1. The molecule has 0 rings (SSSR count). The van der Waals surface area contributed by atoms with Gasteiger partial charge in [-0.25, -0.2) is 9.13 Å². The molecule has 0 amide bonds. The molecule has 3 N–H and O–H groups in total. The van der Waals surface area contributed by atoms with E-state index >= 15 is 0 Å². The van der Waals surface area contributed by atoms with Gasteiger partial charge in [0.05, 0.1) is 32.8 Å². The Morgan fingerprint density at radius 1 is 0.288 bits per heavy atom. The fourth-order valence-corrected chi connectivity index (χ4v) is 10.9. The number of unbranched alkanes of at least 4 members (excludes halogenated alkanes) is 13. The van der Waals surface area contributed by atoms with Crippen LogP contribution >= 0.6 is 15.6 Å². The molecular formula is C85H134O17P2. The van der Waals surface area contributed by atoms with Crippen LogP contribution < -0.4 is 0 Å². The van der Waals surface area contributed by atoms with E-state index in [1.165, 1.54) is 19.3 Å². The lowest BCUT2D eigenvalue weighted by Gasteiger charge is -2.21. The van der Waals surface area contributed by atoms with Crippen molar-refractivity contribution < 1.29 is 80.2 Å². The Morgan fingerprint density at radius 2 is 0.548 bits per heavy atom. The van der Waals surface area contributed by atoms with Crippen LogP contribution in [-0.4, -0.2) is 96.7 Å². The molecule has 0 saturated heterocycles. The Morgan fingerprint density at radius 3 is 0.894 bits per heavy atom. The fourth-order valence-electron chi connectivity index (χ4n) is 9.29. The summed E-state index contributed by atoms with van der Waals surface area (Å²) in [6, 6.07) is 0. The van der Waals surface area contributed by atoms with Crippen LogP contribution in [0.1, 0.15) is 259 Å². The van der Waals surface area contributed by atoms with Gasteiger partial charge >= 0.3 is 39.5 Å². The number of allylic oxidation sites excluding steroid dienone is 31. The van der Waals surface area contributed by atoms with Crippen LogP contribution in [-0.2, 0) is 65.4 Å². The minimum atomic E-state index is -5.02. The van der Waals surface area contributed by atoms with Crippen LogP contribution in [0.2, 0.25) is 0 Å². The summed E-state index contributed by atoms with van der Waals surface area (Å²) < 4.78 is 68.3. The number of hydrogen-bond acceptors (Lipinski definition) is 15. The largest absolute Gasteiger partial charge is 0.472 e. The van der Waals surface area contributed by atoms with Crippen molar-refractivity contribution >= 4 is 39.5 Å². The molecule has 0 spiro atoms. The Bertz CT molecular complexity index is 2740. The smallest absolute Gasteiger partial charge is 0.462 e. The SMILES string of the molecule is CC/C=C\C/C=C\C/C=C\C/C=C\C/C=C\CCCC(=O)OCC(COP(=O)(O)OCC(O)COP(=O)(O)OCC(COC(=O)CCCCCC/C=C\C/C=C\C/C=C\C/C=C\CC)OC(=O)C/C=C\C/C=C\C/C=C\C/C=C\C/C=C\CC)OC(=O)CCCCCCC/C=C\C/C=C\CCCCC. The third-order valence-electron chi connectivity index (χ3n) is 15.1. The average molecular weight is 1490 g/mol. The van der Waals surface area contributed by atoms with Gasteiger partial charge in [0, 0.05) is 19.3 Å². The van der Waals surface area contributed by atoms with Crippen molar-refractivity contribution in [3.8, 4) is 0 Å². The van der Waals surface area contributed by atoms with E-state index in [0.717, 1.165) is 154 Å². The third-order valence-corrected chi connectivity index (χ3v) is 17.0.